The van der Waals surface area contributed by atoms with Crippen LogP contribution in [-0.2, 0) is 11.3 Å². The minimum Gasteiger partial charge on any atom is -0.373 e. The van der Waals surface area contributed by atoms with Crippen molar-refractivity contribution in [1.82, 2.24) is 15.5 Å². The summed E-state index contributed by atoms with van der Waals surface area (Å²) in [5, 5.41) is 7.61. The second-order valence-electron chi connectivity index (χ2n) is 7.71. The van der Waals surface area contributed by atoms with Crippen molar-refractivity contribution >= 4 is 23.2 Å². The van der Waals surface area contributed by atoms with E-state index in [0.29, 0.717) is 6.54 Å². The van der Waals surface area contributed by atoms with Gasteiger partial charge in [-0.1, -0.05) is 17.7 Å². The van der Waals surface area contributed by atoms with Crippen LogP contribution in [0.5, 0.6) is 0 Å². The maximum Gasteiger partial charge on any atom is 0.191 e. The van der Waals surface area contributed by atoms with E-state index in [-0.39, 0.29) is 5.60 Å². The van der Waals surface area contributed by atoms with E-state index in [0.717, 1.165) is 68.7 Å². The number of piperazine rings is 1. The standard InChI is InChI=1S/C20H32ClN5O/c1-20(8-5-13-27-20)15-24-19(22-2)23-14-16-17(21)6-4-7-18(16)26-11-9-25(3)10-12-26/h4,6-7H,5,8-15H2,1-3H3,(H2,22,23,24). The van der Waals surface area contributed by atoms with Gasteiger partial charge in [-0.3, -0.25) is 4.99 Å². The third-order valence-corrected chi connectivity index (χ3v) is 5.88. The van der Waals surface area contributed by atoms with Crippen LogP contribution in [0.3, 0.4) is 0 Å². The first-order valence-electron chi connectivity index (χ1n) is 9.80. The summed E-state index contributed by atoms with van der Waals surface area (Å²) in [6.07, 6.45) is 2.20. The summed E-state index contributed by atoms with van der Waals surface area (Å²) in [7, 11) is 3.96. The molecule has 1 aromatic rings. The molecule has 0 aliphatic carbocycles. The van der Waals surface area contributed by atoms with Gasteiger partial charge in [0.15, 0.2) is 5.96 Å². The Balaban J connectivity index is 1.62. The van der Waals surface area contributed by atoms with E-state index >= 15 is 0 Å². The van der Waals surface area contributed by atoms with E-state index in [1.165, 1.54) is 5.69 Å². The van der Waals surface area contributed by atoms with E-state index in [1.54, 1.807) is 7.05 Å². The number of likely N-dealkylation sites (N-methyl/N-ethyl adjacent to an activating group) is 1. The molecule has 0 spiro atoms. The number of nitrogens with zero attached hydrogens (tertiary/aromatic N) is 3. The first-order chi connectivity index (χ1) is 13.0. The van der Waals surface area contributed by atoms with Gasteiger partial charge < -0.3 is 25.2 Å². The van der Waals surface area contributed by atoms with Crippen LogP contribution >= 0.6 is 11.6 Å². The summed E-state index contributed by atoms with van der Waals surface area (Å²) in [6.45, 7) is 8.57. The minimum absolute atomic E-state index is 0.104. The SMILES string of the molecule is CN=C(NCc1c(Cl)cccc1N1CCN(C)CC1)NCC1(C)CCCO1. The molecule has 1 unspecified atom stereocenters. The number of hydrogen-bond donors (Lipinski definition) is 2. The van der Waals surface area contributed by atoms with Crippen molar-refractivity contribution < 1.29 is 4.74 Å². The van der Waals surface area contributed by atoms with Crippen molar-refractivity contribution in [2.45, 2.75) is 31.9 Å². The molecule has 0 saturated carbocycles. The maximum absolute atomic E-state index is 6.55. The Bertz CT molecular complexity index is 652. The Morgan fingerprint density at radius 1 is 1.26 bits per heavy atom. The lowest BCUT2D eigenvalue weighted by atomic mass is 10.0. The predicted octanol–water partition coefficient (Wildman–Crippen LogP) is 2.33. The van der Waals surface area contributed by atoms with Crippen molar-refractivity contribution in [3.05, 3.63) is 28.8 Å². The number of anilines is 1. The maximum atomic E-state index is 6.55. The Morgan fingerprint density at radius 3 is 2.70 bits per heavy atom. The lowest BCUT2D eigenvalue weighted by Gasteiger charge is -2.35. The normalized spacial score (nSPS) is 24.3. The largest absolute Gasteiger partial charge is 0.373 e. The van der Waals surface area contributed by atoms with Crippen molar-refractivity contribution in [2.75, 3.05) is 58.3 Å². The molecule has 2 N–H and O–H groups in total. The molecular weight excluding hydrogens is 362 g/mol. The average Bonchev–Trinajstić information content (AvgIpc) is 3.10. The summed E-state index contributed by atoms with van der Waals surface area (Å²) in [5.41, 5.74) is 2.23. The Hall–Kier alpha value is -1.50. The van der Waals surface area contributed by atoms with Gasteiger partial charge in [-0.2, -0.15) is 0 Å². The molecule has 2 aliphatic rings. The van der Waals surface area contributed by atoms with Crippen LogP contribution < -0.4 is 15.5 Å². The van der Waals surface area contributed by atoms with Crippen LogP contribution in [0.2, 0.25) is 5.02 Å². The zero-order valence-electron chi connectivity index (χ0n) is 16.7. The molecule has 0 radical (unpaired) electrons. The summed E-state index contributed by atoms with van der Waals surface area (Å²) in [4.78, 5) is 9.13. The molecule has 2 saturated heterocycles. The first kappa shape index (κ1) is 20.2. The van der Waals surface area contributed by atoms with Crippen molar-refractivity contribution in [2.24, 2.45) is 4.99 Å². The molecular formula is C20H32ClN5O. The van der Waals surface area contributed by atoms with Gasteiger partial charge in [-0.05, 0) is 38.9 Å². The lowest BCUT2D eigenvalue weighted by Crippen LogP contribution is -2.46. The number of ether oxygens (including phenoxy) is 1. The van der Waals surface area contributed by atoms with Gasteiger partial charge in [0, 0.05) is 69.2 Å². The number of hydrogen-bond acceptors (Lipinski definition) is 4. The lowest BCUT2D eigenvalue weighted by molar-refractivity contribution is 0.0243. The van der Waals surface area contributed by atoms with Crippen LogP contribution in [0.15, 0.2) is 23.2 Å². The third kappa shape index (κ3) is 5.27. The number of benzene rings is 1. The molecule has 0 aromatic heterocycles. The number of halogens is 1. The molecule has 2 heterocycles. The fraction of sp³-hybridized carbons (Fsp3) is 0.650. The highest BCUT2D eigenvalue weighted by atomic mass is 35.5. The average molecular weight is 394 g/mol. The van der Waals surface area contributed by atoms with Gasteiger partial charge in [0.1, 0.15) is 0 Å². The summed E-state index contributed by atoms with van der Waals surface area (Å²) in [5.74, 6) is 0.774. The highest BCUT2D eigenvalue weighted by molar-refractivity contribution is 6.31. The molecule has 0 bridgehead atoms. The quantitative estimate of drug-likeness (QED) is 0.594. The van der Waals surface area contributed by atoms with Gasteiger partial charge >= 0.3 is 0 Å². The van der Waals surface area contributed by atoms with Gasteiger partial charge in [0.05, 0.1) is 5.60 Å². The second-order valence-corrected chi connectivity index (χ2v) is 8.12. The molecule has 1 aromatic carbocycles. The highest BCUT2D eigenvalue weighted by Crippen LogP contribution is 2.28. The molecule has 2 aliphatic heterocycles. The monoisotopic (exact) mass is 393 g/mol. The zero-order chi connectivity index (χ0) is 19.3. The van der Waals surface area contributed by atoms with Crippen LogP contribution in [0.25, 0.3) is 0 Å². The smallest absolute Gasteiger partial charge is 0.191 e. The number of nitrogens with one attached hydrogen (secondary N) is 2. The Labute approximate surface area is 167 Å². The van der Waals surface area contributed by atoms with Crippen LogP contribution in [0.1, 0.15) is 25.3 Å². The first-order valence-corrected chi connectivity index (χ1v) is 10.2. The summed E-state index contributed by atoms with van der Waals surface area (Å²) >= 11 is 6.55. The van der Waals surface area contributed by atoms with E-state index in [2.05, 4.69) is 45.5 Å². The predicted molar refractivity (Wildman–Crippen MR) is 113 cm³/mol. The second kappa shape index (κ2) is 9.13. The molecule has 6 nitrogen and oxygen atoms in total. The molecule has 3 rings (SSSR count). The fourth-order valence-electron chi connectivity index (χ4n) is 3.71. The third-order valence-electron chi connectivity index (χ3n) is 5.52. The van der Waals surface area contributed by atoms with E-state index in [4.69, 9.17) is 16.3 Å². The number of aliphatic imine (C=N–C) groups is 1. The van der Waals surface area contributed by atoms with Gasteiger partial charge in [-0.25, -0.2) is 0 Å². The van der Waals surface area contributed by atoms with Gasteiger partial charge in [0.2, 0.25) is 0 Å². The molecule has 150 valence electrons. The van der Waals surface area contributed by atoms with Crippen molar-refractivity contribution in [3.8, 4) is 0 Å². The topological polar surface area (TPSA) is 52.1 Å². The molecule has 7 heteroatoms. The minimum atomic E-state index is -0.104. The number of rotatable bonds is 5. The number of guanidine groups is 1. The van der Waals surface area contributed by atoms with Crippen LogP contribution in [0, 0.1) is 0 Å². The Morgan fingerprint density at radius 2 is 2.04 bits per heavy atom. The molecule has 1 atom stereocenters. The molecule has 2 fully saturated rings. The fourth-order valence-corrected chi connectivity index (χ4v) is 3.94. The van der Waals surface area contributed by atoms with Crippen LogP contribution in [-0.4, -0.2) is 69.9 Å². The van der Waals surface area contributed by atoms with Crippen molar-refractivity contribution in [3.63, 3.8) is 0 Å². The molecule has 0 amide bonds. The highest BCUT2D eigenvalue weighted by Gasteiger charge is 2.29. The van der Waals surface area contributed by atoms with Gasteiger partial charge in [-0.15, -0.1) is 0 Å². The molecule has 27 heavy (non-hydrogen) atoms. The summed E-state index contributed by atoms with van der Waals surface area (Å²) < 4.78 is 5.85. The van der Waals surface area contributed by atoms with E-state index in [1.807, 2.05) is 12.1 Å². The summed E-state index contributed by atoms with van der Waals surface area (Å²) in [6, 6.07) is 6.16. The zero-order valence-corrected chi connectivity index (χ0v) is 17.5. The van der Waals surface area contributed by atoms with Crippen LogP contribution in [0.4, 0.5) is 5.69 Å². The van der Waals surface area contributed by atoms with E-state index in [9.17, 15) is 0 Å². The van der Waals surface area contributed by atoms with E-state index < -0.39 is 0 Å². The Kier molecular flexibility index (Phi) is 6.84. The van der Waals surface area contributed by atoms with Crippen molar-refractivity contribution in [1.29, 1.82) is 0 Å². The van der Waals surface area contributed by atoms with Gasteiger partial charge in [0.25, 0.3) is 0 Å².